The molecular formula is C26H30N2O5. The summed E-state index contributed by atoms with van der Waals surface area (Å²) in [7, 11) is 0. The van der Waals surface area contributed by atoms with E-state index in [0.29, 0.717) is 0 Å². The molecule has 2 aliphatic rings. The van der Waals surface area contributed by atoms with Crippen LogP contribution in [-0.2, 0) is 14.3 Å². The molecule has 2 aromatic carbocycles. The number of hydrogen-bond donors (Lipinski definition) is 3. The Hall–Kier alpha value is -3.35. The largest absolute Gasteiger partial charge is 0.481 e. The molecule has 7 nitrogen and oxygen atoms in total. The highest BCUT2D eigenvalue weighted by atomic mass is 16.5. The summed E-state index contributed by atoms with van der Waals surface area (Å²) < 4.78 is 5.52. The molecule has 0 saturated heterocycles. The van der Waals surface area contributed by atoms with E-state index in [1.54, 1.807) is 6.92 Å². The van der Waals surface area contributed by atoms with Gasteiger partial charge in [0.15, 0.2) is 0 Å². The smallest absolute Gasteiger partial charge is 0.407 e. The Labute approximate surface area is 193 Å². The highest BCUT2D eigenvalue weighted by Crippen LogP contribution is 2.44. The van der Waals surface area contributed by atoms with E-state index < -0.39 is 18.1 Å². The van der Waals surface area contributed by atoms with Gasteiger partial charge in [-0.3, -0.25) is 9.59 Å². The summed E-state index contributed by atoms with van der Waals surface area (Å²) in [5.74, 6) is -1.31. The van der Waals surface area contributed by atoms with Crippen LogP contribution in [0.25, 0.3) is 11.1 Å². The Morgan fingerprint density at radius 2 is 1.61 bits per heavy atom. The van der Waals surface area contributed by atoms with Crippen LogP contribution in [-0.4, -0.2) is 41.8 Å². The van der Waals surface area contributed by atoms with Crippen LogP contribution >= 0.6 is 0 Å². The fourth-order valence-corrected chi connectivity index (χ4v) is 5.06. The second kappa shape index (κ2) is 10.1. The average Bonchev–Trinajstić information content (AvgIpc) is 3.12. The van der Waals surface area contributed by atoms with Crippen LogP contribution in [0, 0.1) is 5.92 Å². The third kappa shape index (κ3) is 5.18. The van der Waals surface area contributed by atoms with Crippen molar-refractivity contribution in [1.29, 1.82) is 0 Å². The first-order valence-corrected chi connectivity index (χ1v) is 11.6. The van der Waals surface area contributed by atoms with E-state index in [0.717, 1.165) is 47.9 Å². The average molecular weight is 451 g/mol. The molecule has 0 aromatic heterocycles. The van der Waals surface area contributed by atoms with Gasteiger partial charge in [-0.05, 0) is 47.9 Å². The monoisotopic (exact) mass is 450 g/mol. The minimum atomic E-state index is -0.856. The predicted octanol–water partition coefficient (Wildman–Crippen LogP) is 4.06. The van der Waals surface area contributed by atoms with Crippen molar-refractivity contribution in [1.82, 2.24) is 10.6 Å². The quantitative estimate of drug-likeness (QED) is 0.590. The number of hydrogen-bond acceptors (Lipinski definition) is 4. The van der Waals surface area contributed by atoms with E-state index in [2.05, 4.69) is 34.9 Å². The maximum absolute atomic E-state index is 12.6. The first-order valence-electron chi connectivity index (χ1n) is 11.6. The van der Waals surface area contributed by atoms with Crippen LogP contribution in [0.2, 0.25) is 0 Å². The summed E-state index contributed by atoms with van der Waals surface area (Å²) >= 11 is 0. The summed E-state index contributed by atoms with van der Waals surface area (Å²) in [5.41, 5.74) is 4.55. The zero-order valence-corrected chi connectivity index (χ0v) is 18.8. The fraction of sp³-hybridized carbons (Fsp3) is 0.423. The zero-order valence-electron chi connectivity index (χ0n) is 18.8. The number of aliphatic carboxylic acids is 1. The Bertz CT molecular complexity index is 991. The van der Waals surface area contributed by atoms with Crippen molar-refractivity contribution in [3.8, 4) is 11.1 Å². The van der Waals surface area contributed by atoms with Crippen molar-refractivity contribution in [2.24, 2.45) is 5.92 Å². The van der Waals surface area contributed by atoms with Gasteiger partial charge in [0.1, 0.15) is 12.6 Å². The molecule has 2 amide bonds. The number of carboxylic acid groups (broad SMARTS) is 1. The number of fused-ring (bicyclic) bond motifs is 3. The van der Waals surface area contributed by atoms with Crippen LogP contribution < -0.4 is 10.6 Å². The molecule has 0 radical (unpaired) electrons. The van der Waals surface area contributed by atoms with E-state index in [1.807, 2.05) is 24.3 Å². The third-order valence-corrected chi connectivity index (χ3v) is 6.74. The number of carbonyl (C=O) groups is 3. The van der Waals surface area contributed by atoms with E-state index in [4.69, 9.17) is 9.84 Å². The van der Waals surface area contributed by atoms with Gasteiger partial charge < -0.3 is 20.5 Å². The number of benzene rings is 2. The van der Waals surface area contributed by atoms with Gasteiger partial charge in [-0.2, -0.15) is 0 Å². The van der Waals surface area contributed by atoms with Crippen LogP contribution in [0.15, 0.2) is 48.5 Å². The van der Waals surface area contributed by atoms with Gasteiger partial charge in [-0.1, -0.05) is 61.4 Å². The maximum atomic E-state index is 12.6. The number of rotatable bonds is 7. The van der Waals surface area contributed by atoms with Gasteiger partial charge >= 0.3 is 12.1 Å². The second-order valence-corrected chi connectivity index (χ2v) is 8.95. The lowest BCUT2D eigenvalue weighted by molar-refractivity contribution is -0.139. The van der Waals surface area contributed by atoms with Crippen molar-refractivity contribution in [3.05, 3.63) is 59.7 Å². The van der Waals surface area contributed by atoms with Crippen LogP contribution in [0.3, 0.4) is 0 Å². The highest BCUT2D eigenvalue weighted by Gasteiger charge is 2.31. The molecule has 0 spiro atoms. The lowest BCUT2D eigenvalue weighted by atomic mass is 9.82. The molecule has 1 unspecified atom stereocenters. The summed E-state index contributed by atoms with van der Waals surface area (Å²) in [5, 5.41) is 14.7. The highest BCUT2D eigenvalue weighted by molar-refractivity contribution is 5.85. The minimum Gasteiger partial charge on any atom is -0.481 e. The standard InChI is InChI=1S/C26H30N2O5/c1-16(25(31)28-23-13-7-2-8-17(23)14-24(29)30)27-26(32)33-15-22-20-11-5-3-9-18(20)19-10-4-6-12-21(19)22/h3-6,9-12,16-17,22-23H,2,7-8,13-15H2,1H3,(H,27,32)(H,28,31)(H,29,30)/t16?,17-,23-/m0/s1. The van der Waals surface area contributed by atoms with Gasteiger partial charge in [0.25, 0.3) is 0 Å². The number of amides is 2. The number of nitrogens with one attached hydrogen (secondary N) is 2. The van der Waals surface area contributed by atoms with E-state index in [1.165, 1.54) is 0 Å². The molecule has 0 aliphatic heterocycles. The topological polar surface area (TPSA) is 105 Å². The Morgan fingerprint density at radius 1 is 1.00 bits per heavy atom. The summed E-state index contributed by atoms with van der Waals surface area (Å²) in [4.78, 5) is 36.2. The number of carbonyl (C=O) groups excluding carboxylic acids is 2. The maximum Gasteiger partial charge on any atom is 0.407 e. The van der Waals surface area contributed by atoms with E-state index in [9.17, 15) is 14.4 Å². The number of ether oxygens (including phenoxy) is 1. The van der Waals surface area contributed by atoms with Crippen LogP contribution in [0.5, 0.6) is 0 Å². The summed E-state index contributed by atoms with van der Waals surface area (Å²) in [6.07, 6.45) is 2.85. The molecule has 7 heteroatoms. The molecule has 33 heavy (non-hydrogen) atoms. The van der Waals surface area contributed by atoms with E-state index >= 15 is 0 Å². The molecular weight excluding hydrogens is 420 g/mol. The molecule has 2 aliphatic carbocycles. The molecule has 3 atom stereocenters. The van der Waals surface area contributed by atoms with Gasteiger partial charge in [-0.25, -0.2) is 4.79 Å². The van der Waals surface area contributed by atoms with E-state index in [-0.39, 0.29) is 36.8 Å². The lowest BCUT2D eigenvalue weighted by Crippen LogP contribution is -2.51. The van der Waals surface area contributed by atoms with Gasteiger partial charge in [0.05, 0.1) is 6.42 Å². The van der Waals surface area contributed by atoms with Crippen molar-refractivity contribution in [2.45, 2.75) is 57.0 Å². The van der Waals surface area contributed by atoms with Crippen molar-refractivity contribution in [2.75, 3.05) is 6.61 Å². The Morgan fingerprint density at radius 3 is 2.24 bits per heavy atom. The SMILES string of the molecule is CC(NC(=O)OCC1c2ccccc2-c2ccccc21)C(=O)N[C@H]1CCCC[C@H]1CC(=O)O. The molecule has 1 fully saturated rings. The fourth-order valence-electron chi connectivity index (χ4n) is 5.06. The van der Waals surface area contributed by atoms with Crippen molar-refractivity contribution < 1.29 is 24.2 Å². The van der Waals surface area contributed by atoms with Crippen molar-refractivity contribution >= 4 is 18.0 Å². The molecule has 1 saturated carbocycles. The molecule has 174 valence electrons. The second-order valence-electron chi connectivity index (χ2n) is 8.95. The molecule has 0 heterocycles. The molecule has 4 rings (SSSR count). The molecule has 3 N–H and O–H groups in total. The van der Waals surface area contributed by atoms with Crippen LogP contribution in [0.4, 0.5) is 4.79 Å². The number of carboxylic acids is 1. The van der Waals surface area contributed by atoms with Crippen LogP contribution in [0.1, 0.15) is 56.1 Å². The van der Waals surface area contributed by atoms with Gasteiger partial charge in [0, 0.05) is 12.0 Å². The lowest BCUT2D eigenvalue weighted by Gasteiger charge is -2.32. The predicted molar refractivity (Wildman–Crippen MR) is 124 cm³/mol. The summed E-state index contributed by atoms with van der Waals surface area (Å²) in [6.45, 7) is 1.78. The first kappa shape index (κ1) is 22.8. The summed E-state index contributed by atoms with van der Waals surface area (Å²) in [6, 6.07) is 15.2. The van der Waals surface area contributed by atoms with Crippen molar-refractivity contribution in [3.63, 3.8) is 0 Å². The first-order chi connectivity index (χ1) is 15.9. The van der Waals surface area contributed by atoms with Gasteiger partial charge in [0.2, 0.25) is 5.91 Å². The Kier molecular flexibility index (Phi) is 6.96. The van der Waals surface area contributed by atoms with Gasteiger partial charge in [-0.15, -0.1) is 0 Å². The third-order valence-electron chi connectivity index (χ3n) is 6.74. The normalized spacial score (nSPS) is 20.3. The minimum absolute atomic E-state index is 0.0408. The number of alkyl carbamates (subject to hydrolysis) is 1. The zero-order chi connectivity index (χ0) is 23.4. The Balaban J connectivity index is 1.32. The molecule has 2 aromatic rings. The molecule has 0 bridgehead atoms.